The maximum atomic E-state index is 11.6. The van der Waals surface area contributed by atoms with Gasteiger partial charge < -0.3 is 10.4 Å². The molecule has 0 heterocycles. The smallest absolute Gasteiger partial charge is 0.304 e. The van der Waals surface area contributed by atoms with Gasteiger partial charge in [0.1, 0.15) is 0 Å². The van der Waals surface area contributed by atoms with E-state index in [-0.39, 0.29) is 18.2 Å². The average molecular weight is 293 g/mol. The summed E-state index contributed by atoms with van der Waals surface area (Å²) in [7, 11) is 3.15. The van der Waals surface area contributed by atoms with Crippen LogP contribution >= 0.6 is 21.6 Å². The topological polar surface area (TPSA) is 66.4 Å². The number of unbranched alkanes of at least 4 members (excludes halogenated alkanes) is 1. The third-order valence-corrected chi connectivity index (χ3v) is 4.81. The molecular weight excluding hydrogens is 270 g/mol. The van der Waals surface area contributed by atoms with Gasteiger partial charge in [0, 0.05) is 24.0 Å². The maximum Gasteiger partial charge on any atom is 0.304 e. The quantitative estimate of drug-likeness (QED) is 0.453. The molecule has 0 bridgehead atoms. The van der Waals surface area contributed by atoms with Crippen LogP contribution in [-0.4, -0.2) is 35.0 Å². The number of carboxylic acid groups (broad SMARTS) is 1. The van der Waals surface area contributed by atoms with Gasteiger partial charge in [0.25, 0.3) is 0 Å². The van der Waals surface area contributed by atoms with E-state index >= 15 is 0 Å². The first-order chi connectivity index (χ1) is 8.57. The zero-order valence-electron chi connectivity index (χ0n) is 11.1. The van der Waals surface area contributed by atoms with Crippen molar-refractivity contribution in [3.63, 3.8) is 0 Å². The lowest BCUT2D eigenvalue weighted by molar-refractivity contribution is -0.136. The average Bonchev–Trinajstić information content (AvgIpc) is 2.34. The fourth-order valence-corrected chi connectivity index (χ4v) is 3.16. The standard InChI is InChI=1S/C12H23NO3S2/c1-3-4-5-10(2)12(16)13-7-9-18-17-8-6-11(14)15/h10H,3-9H2,1-2H3,(H,13,16)(H,14,15). The summed E-state index contributed by atoms with van der Waals surface area (Å²) in [6.07, 6.45) is 3.35. The second-order valence-electron chi connectivity index (χ2n) is 4.12. The lowest BCUT2D eigenvalue weighted by atomic mass is 10.0. The Hall–Kier alpha value is -0.360. The van der Waals surface area contributed by atoms with Gasteiger partial charge in [0.15, 0.2) is 0 Å². The number of nitrogens with one attached hydrogen (secondary N) is 1. The molecule has 0 saturated carbocycles. The second kappa shape index (κ2) is 11.7. The Bertz CT molecular complexity index is 249. The molecule has 4 nitrogen and oxygen atoms in total. The van der Waals surface area contributed by atoms with Crippen molar-refractivity contribution in [1.82, 2.24) is 5.32 Å². The van der Waals surface area contributed by atoms with E-state index in [9.17, 15) is 9.59 Å². The molecule has 18 heavy (non-hydrogen) atoms. The van der Waals surface area contributed by atoms with Crippen LogP contribution in [0.3, 0.4) is 0 Å². The summed E-state index contributed by atoms with van der Waals surface area (Å²) < 4.78 is 0. The van der Waals surface area contributed by atoms with E-state index in [0.717, 1.165) is 25.0 Å². The Balaban J connectivity index is 3.37. The van der Waals surface area contributed by atoms with E-state index in [4.69, 9.17) is 5.11 Å². The van der Waals surface area contributed by atoms with Gasteiger partial charge in [0.05, 0.1) is 6.42 Å². The SMILES string of the molecule is CCCCC(C)C(=O)NCCSSCCC(=O)O. The van der Waals surface area contributed by atoms with Crippen LogP contribution < -0.4 is 5.32 Å². The van der Waals surface area contributed by atoms with Gasteiger partial charge in [0.2, 0.25) is 5.91 Å². The highest BCUT2D eigenvalue weighted by molar-refractivity contribution is 8.76. The van der Waals surface area contributed by atoms with Crippen molar-refractivity contribution in [2.75, 3.05) is 18.1 Å². The predicted octanol–water partition coefficient (Wildman–Crippen LogP) is 2.79. The number of hydrogen-bond donors (Lipinski definition) is 2. The molecule has 0 aromatic heterocycles. The van der Waals surface area contributed by atoms with Crippen LogP contribution in [0, 0.1) is 5.92 Å². The zero-order valence-corrected chi connectivity index (χ0v) is 12.7. The van der Waals surface area contributed by atoms with Crippen LogP contribution in [-0.2, 0) is 9.59 Å². The highest BCUT2D eigenvalue weighted by atomic mass is 33.1. The number of rotatable bonds is 11. The molecule has 0 aromatic carbocycles. The minimum Gasteiger partial charge on any atom is -0.481 e. The normalized spacial score (nSPS) is 12.1. The molecule has 0 saturated heterocycles. The summed E-state index contributed by atoms with van der Waals surface area (Å²) in [6, 6.07) is 0. The van der Waals surface area contributed by atoms with Gasteiger partial charge >= 0.3 is 5.97 Å². The minimum absolute atomic E-state index is 0.0922. The van der Waals surface area contributed by atoms with Crippen LogP contribution in [0.15, 0.2) is 0 Å². The lowest BCUT2D eigenvalue weighted by Crippen LogP contribution is -2.30. The minimum atomic E-state index is -0.763. The van der Waals surface area contributed by atoms with Crippen molar-refractivity contribution in [3.05, 3.63) is 0 Å². The Kier molecular flexibility index (Phi) is 11.5. The van der Waals surface area contributed by atoms with Crippen LogP contribution in [0.2, 0.25) is 0 Å². The van der Waals surface area contributed by atoms with E-state index < -0.39 is 5.97 Å². The fraction of sp³-hybridized carbons (Fsp3) is 0.833. The molecule has 0 aromatic rings. The molecule has 0 aliphatic heterocycles. The van der Waals surface area contributed by atoms with Gasteiger partial charge in [-0.1, -0.05) is 48.3 Å². The number of aliphatic carboxylic acids is 1. The lowest BCUT2D eigenvalue weighted by Gasteiger charge is -2.11. The second-order valence-corrected chi connectivity index (χ2v) is 6.82. The largest absolute Gasteiger partial charge is 0.481 e. The first kappa shape index (κ1) is 17.6. The molecule has 1 atom stereocenters. The van der Waals surface area contributed by atoms with Crippen molar-refractivity contribution in [2.45, 2.75) is 39.5 Å². The van der Waals surface area contributed by atoms with Crippen molar-refractivity contribution < 1.29 is 14.7 Å². The molecule has 0 spiro atoms. The Labute approximate surface area is 117 Å². The number of carboxylic acids is 1. The maximum absolute atomic E-state index is 11.6. The summed E-state index contributed by atoms with van der Waals surface area (Å²) >= 11 is 0. The molecule has 0 rings (SSSR count). The Morgan fingerprint density at radius 3 is 2.56 bits per heavy atom. The Morgan fingerprint density at radius 1 is 1.28 bits per heavy atom. The van der Waals surface area contributed by atoms with Crippen LogP contribution in [0.25, 0.3) is 0 Å². The summed E-state index contributed by atoms with van der Waals surface area (Å²) in [5, 5.41) is 11.3. The van der Waals surface area contributed by atoms with E-state index in [2.05, 4.69) is 12.2 Å². The molecule has 0 fully saturated rings. The van der Waals surface area contributed by atoms with Crippen LogP contribution in [0.4, 0.5) is 0 Å². The monoisotopic (exact) mass is 293 g/mol. The van der Waals surface area contributed by atoms with Gasteiger partial charge in [-0.25, -0.2) is 0 Å². The first-order valence-corrected chi connectivity index (χ1v) is 8.80. The third kappa shape index (κ3) is 10.8. The highest BCUT2D eigenvalue weighted by Gasteiger charge is 2.10. The number of carbonyl (C=O) groups excluding carboxylic acids is 1. The van der Waals surface area contributed by atoms with E-state index in [1.54, 1.807) is 21.6 Å². The molecule has 1 unspecified atom stereocenters. The Morgan fingerprint density at radius 2 is 1.94 bits per heavy atom. The summed E-state index contributed by atoms with van der Waals surface area (Å²) in [5.74, 6) is 0.882. The van der Waals surface area contributed by atoms with Crippen molar-refractivity contribution >= 4 is 33.5 Å². The summed E-state index contributed by atoms with van der Waals surface area (Å²) in [6.45, 7) is 4.73. The molecule has 0 radical (unpaired) electrons. The fourth-order valence-electron chi connectivity index (χ4n) is 1.28. The van der Waals surface area contributed by atoms with Gasteiger partial charge in [-0.2, -0.15) is 0 Å². The highest BCUT2D eigenvalue weighted by Crippen LogP contribution is 2.21. The van der Waals surface area contributed by atoms with Gasteiger partial charge in [-0.3, -0.25) is 9.59 Å². The molecule has 2 N–H and O–H groups in total. The van der Waals surface area contributed by atoms with Gasteiger partial charge in [-0.05, 0) is 6.42 Å². The number of carbonyl (C=O) groups is 2. The third-order valence-electron chi connectivity index (χ3n) is 2.41. The number of hydrogen-bond acceptors (Lipinski definition) is 4. The molecule has 106 valence electrons. The van der Waals surface area contributed by atoms with Crippen molar-refractivity contribution in [2.24, 2.45) is 5.92 Å². The molecule has 1 amide bonds. The number of amides is 1. The van der Waals surface area contributed by atoms with Crippen LogP contribution in [0.5, 0.6) is 0 Å². The molecule has 6 heteroatoms. The molecular formula is C12H23NO3S2. The van der Waals surface area contributed by atoms with Crippen molar-refractivity contribution in [3.8, 4) is 0 Å². The summed E-state index contributed by atoms with van der Waals surface area (Å²) in [5.41, 5.74) is 0. The summed E-state index contributed by atoms with van der Waals surface area (Å²) in [4.78, 5) is 21.9. The molecule has 0 aliphatic rings. The molecule has 0 aliphatic carbocycles. The van der Waals surface area contributed by atoms with Crippen molar-refractivity contribution in [1.29, 1.82) is 0 Å². The zero-order chi connectivity index (χ0) is 13.8. The van der Waals surface area contributed by atoms with E-state index in [0.29, 0.717) is 12.3 Å². The predicted molar refractivity (Wildman–Crippen MR) is 78.9 cm³/mol. The van der Waals surface area contributed by atoms with E-state index in [1.165, 1.54) is 0 Å². The first-order valence-electron chi connectivity index (χ1n) is 6.31. The van der Waals surface area contributed by atoms with E-state index in [1.807, 2.05) is 6.92 Å². The van der Waals surface area contributed by atoms with Gasteiger partial charge in [-0.15, -0.1) is 0 Å². The van der Waals surface area contributed by atoms with Crippen LogP contribution in [0.1, 0.15) is 39.5 Å².